The summed E-state index contributed by atoms with van der Waals surface area (Å²) < 4.78 is 0.718. The minimum Gasteiger partial charge on any atom is -0.368 e. The van der Waals surface area contributed by atoms with Crippen molar-refractivity contribution in [3.05, 3.63) is 21.7 Å². The fourth-order valence-corrected chi connectivity index (χ4v) is 3.86. The van der Waals surface area contributed by atoms with Gasteiger partial charge in [0.05, 0.1) is 21.1 Å². The second kappa shape index (κ2) is 9.31. The number of nitrogens with one attached hydrogen (secondary N) is 3. The molecule has 0 aliphatic heterocycles. The molecule has 28 heavy (non-hydrogen) atoms. The molecule has 0 saturated heterocycles. The third kappa shape index (κ3) is 4.78. The van der Waals surface area contributed by atoms with Gasteiger partial charge in [0.15, 0.2) is 11.6 Å². The number of rotatable bonds is 10. The average molecular weight is 404 g/mol. The van der Waals surface area contributed by atoms with Gasteiger partial charge < -0.3 is 25.4 Å². The second-order valence-electron chi connectivity index (χ2n) is 7.43. The summed E-state index contributed by atoms with van der Waals surface area (Å²) in [5, 5.41) is 17.8. The molecule has 3 aromatic heterocycles. The van der Waals surface area contributed by atoms with Crippen LogP contribution in [0, 0.1) is 0 Å². The number of fused-ring (bicyclic) bond motifs is 2. The summed E-state index contributed by atoms with van der Waals surface area (Å²) in [7, 11) is 8.20. The Labute approximate surface area is 168 Å². The molecule has 3 aromatic rings. The van der Waals surface area contributed by atoms with Gasteiger partial charge in [0, 0.05) is 13.1 Å². The Morgan fingerprint density at radius 3 is 2.25 bits per heavy atom. The Kier molecular flexibility index (Phi) is 6.82. The van der Waals surface area contributed by atoms with Crippen LogP contribution in [0.1, 0.15) is 12.8 Å². The van der Waals surface area contributed by atoms with Gasteiger partial charge >= 0.3 is 0 Å². The summed E-state index contributed by atoms with van der Waals surface area (Å²) in [6.45, 7) is 3.45. The molecule has 3 heterocycles. The minimum absolute atomic E-state index is 0.0000936. The number of aromatic amines is 1. The standard InChI is InChI=1S/C19H29N7OS/c1-25(2)10-5-8-20-18-14-15(22-13-7-12-28-17(13)16(14)27)19(24-23-18)21-9-6-11-26(3)4/h7,12H,5-6,8-11H2,1-4H3,(H,20,23)(H,21,24)(H,22,27). The predicted octanol–water partition coefficient (Wildman–Crippen LogP) is 2.26. The number of H-pyrrole nitrogens is 1. The molecule has 3 rings (SSSR count). The molecule has 0 radical (unpaired) electrons. The van der Waals surface area contributed by atoms with E-state index in [0.717, 1.165) is 49.2 Å². The van der Waals surface area contributed by atoms with Crippen molar-refractivity contribution in [1.29, 1.82) is 0 Å². The Hall–Kier alpha value is -2.23. The smallest absolute Gasteiger partial charge is 0.211 e. The average Bonchev–Trinajstić information content (AvgIpc) is 3.12. The van der Waals surface area contributed by atoms with Crippen LogP contribution in [0.4, 0.5) is 11.6 Å². The van der Waals surface area contributed by atoms with E-state index in [1.54, 1.807) is 0 Å². The monoisotopic (exact) mass is 403 g/mol. The highest BCUT2D eigenvalue weighted by Crippen LogP contribution is 2.26. The van der Waals surface area contributed by atoms with Crippen molar-refractivity contribution < 1.29 is 0 Å². The number of nitrogens with zero attached hydrogens (tertiary/aromatic N) is 4. The van der Waals surface area contributed by atoms with Crippen LogP contribution in [-0.2, 0) is 0 Å². The van der Waals surface area contributed by atoms with Gasteiger partial charge in [-0.1, -0.05) is 0 Å². The Balaban J connectivity index is 1.91. The van der Waals surface area contributed by atoms with Crippen molar-refractivity contribution in [3.63, 3.8) is 0 Å². The van der Waals surface area contributed by atoms with Gasteiger partial charge in [-0.3, -0.25) is 4.79 Å². The van der Waals surface area contributed by atoms with Crippen molar-refractivity contribution in [3.8, 4) is 0 Å². The SMILES string of the molecule is CN(C)CCCNc1nnc(NCCCN(C)C)c2c(=O)c3sccc3[nH]c12. The Bertz CT molecular complexity index is 979. The fourth-order valence-electron chi connectivity index (χ4n) is 3.06. The number of hydrogen-bond acceptors (Lipinski definition) is 8. The van der Waals surface area contributed by atoms with Gasteiger partial charge in [-0.25, -0.2) is 0 Å². The van der Waals surface area contributed by atoms with E-state index in [4.69, 9.17) is 0 Å². The lowest BCUT2D eigenvalue weighted by Crippen LogP contribution is -2.19. The van der Waals surface area contributed by atoms with Crippen LogP contribution in [0.5, 0.6) is 0 Å². The topological polar surface area (TPSA) is 89.2 Å². The van der Waals surface area contributed by atoms with Gasteiger partial charge in [-0.2, -0.15) is 0 Å². The summed E-state index contributed by atoms with van der Waals surface area (Å²) in [4.78, 5) is 20.8. The number of thiophene rings is 1. The summed E-state index contributed by atoms with van der Waals surface area (Å²) in [6, 6.07) is 1.93. The van der Waals surface area contributed by atoms with E-state index in [1.807, 2.05) is 25.5 Å². The molecule has 0 atom stereocenters. The summed E-state index contributed by atoms with van der Waals surface area (Å²) >= 11 is 1.45. The van der Waals surface area contributed by atoms with Crippen LogP contribution in [0.15, 0.2) is 16.2 Å². The zero-order chi connectivity index (χ0) is 20.1. The molecule has 0 bridgehead atoms. The lowest BCUT2D eigenvalue weighted by Gasteiger charge is -2.14. The molecule has 3 N–H and O–H groups in total. The number of anilines is 2. The van der Waals surface area contributed by atoms with Crippen LogP contribution < -0.4 is 16.1 Å². The maximum absolute atomic E-state index is 13.1. The van der Waals surface area contributed by atoms with Crippen molar-refractivity contribution in [2.75, 3.05) is 65.0 Å². The van der Waals surface area contributed by atoms with Crippen molar-refractivity contribution in [2.24, 2.45) is 0 Å². The molecule has 9 heteroatoms. The lowest BCUT2D eigenvalue weighted by molar-refractivity contribution is 0.405. The molecule has 0 saturated carbocycles. The molecule has 0 aliphatic carbocycles. The van der Waals surface area contributed by atoms with Crippen molar-refractivity contribution in [2.45, 2.75) is 12.8 Å². The Morgan fingerprint density at radius 2 is 1.61 bits per heavy atom. The number of hydrogen-bond donors (Lipinski definition) is 3. The van der Waals surface area contributed by atoms with Gasteiger partial charge in [-0.05, 0) is 65.6 Å². The quantitative estimate of drug-likeness (QED) is 0.448. The molecular weight excluding hydrogens is 374 g/mol. The first-order valence-electron chi connectivity index (χ1n) is 9.54. The first-order chi connectivity index (χ1) is 13.5. The van der Waals surface area contributed by atoms with E-state index in [-0.39, 0.29) is 5.43 Å². The summed E-state index contributed by atoms with van der Waals surface area (Å²) in [5.41, 5.74) is 1.55. The van der Waals surface area contributed by atoms with E-state index in [2.05, 4.69) is 49.7 Å². The second-order valence-corrected chi connectivity index (χ2v) is 8.35. The van der Waals surface area contributed by atoms with Crippen LogP contribution >= 0.6 is 11.3 Å². The molecule has 8 nitrogen and oxygen atoms in total. The maximum atomic E-state index is 13.1. The highest BCUT2D eigenvalue weighted by molar-refractivity contribution is 7.17. The van der Waals surface area contributed by atoms with E-state index >= 15 is 0 Å². The lowest BCUT2D eigenvalue weighted by atomic mass is 10.2. The summed E-state index contributed by atoms with van der Waals surface area (Å²) in [5.74, 6) is 1.17. The molecule has 0 aliphatic rings. The van der Waals surface area contributed by atoms with Crippen LogP contribution in [0.3, 0.4) is 0 Å². The largest absolute Gasteiger partial charge is 0.368 e. The van der Waals surface area contributed by atoms with Crippen molar-refractivity contribution in [1.82, 2.24) is 25.0 Å². The van der Waals surface area contributed by atoms with E-state index in [9.17, 15) is 4.79 Å². The zero-order valence-corrected chi connectivity index (χ0v) is 17.8. The van der Waals surface area contributed by atoms with E-state index < -0.39 is 0 Å². The maximum Gasteiger partial charge on any atom is 0.211 e. The minimum atomic E-state index is 0.0000936. The number of aromatic nitrogens is 3. The molecule has 0 fully saturated rings. The zero-order valence-electron chi connectivity index (χ0n) is 17.0. The molecule has 0 amide bonds. The van der Waals surface area contributed by atoms with Gasteiger partial charge in [0.2, 0.25) is 5.43 Å². The highest BCUT2D eigenvalue weighted by atomic mass is 32.1. The highest BCUT2D eigenvalue weighted by Gasteiger charge is 2.16. The van der Waals surface area contributed by atoms with Crippen LogP contribution in [0.25, 0.3) is 21.1 Å². The van der Waals surface area contributed by atoms with Crippen LogP contribution in [-0.4, -0.2) is 79.4 Å². The number of pyridine rings is 1. The molecule has 0 aromatic carbocycles. The molecule has 0 unspecified atom stereocenters. The van der Waals surface area contributed by atoms with Gasteiger partial charge in [0.1, 0.15) is 0 Å². The Morgan fingerprint density at radius 1 is 1.00 bits per heavy atom. The van der Waals surface area contributed by atoms with Gasteiger partial charge in [0.25, 0.3) is 0 Å². The van der Waals surface area contributed by atoms with Gasteiger partial charge in [-0.15, -0.1) is 21.5 Å². The third-order valence-electron chi connectivity index (χ3n) is 4.48. The first-order valence-corrected chi connectivity index (χ1v) is 10.4. The normalized spacial score (nSPS) is 11.8. The molecular formula is C19H29N7OS. The summed E-state index contributed by atoms with van der Waals surface area (Å²) in [6.07, 6.45) is 1.94. The third-order valence-corrected chi connectivity index (χ3v) is 5.39. The van der Waals surface area contributed by atoms with Crippen LogP contribution in [0.2, 0.25) is 0 Å². The van der Waals surface area contributed by atoms with E-state index in [0.29, 0.717) is 22.5 Å². The van der Waals surface area contributed by atoms with Crippen molar-refractivity contribution >= 4 is 44.1 Å². The molecule has 0 spiro atoms. The first kappa shape index (κ1) is 20.5. The fraction of sp³-hybridized carbons (Fsp3) is 0.526. The molecule has 152 valence electrons. The van der Waals surface area contributed by atoms with E-state index in [1.165, 1.54) is 11.3 Å². The predicted molar refractivity (Wildman–Crippen MR) is 119 cm³/mol.